The fourth-order valence-electron chi connectivity index (χ4n) is 4.66. The molecule has 4 rings (SSSR count). The number of benzene rings is 3. The third kappa shape index (κ3) is 6.80. The van der Waals surface area contributed by atoms with Crippen molar-refractivity contribution < 1.29 is 4.79 Å². The summed E-state index contributed by atoms with van der Waals surface area (Å²) in [5, 5.41) is 3.64. The van der Waals surface area contributed by atoms with Crippen LogP contribution >= 0.6 is 11.6 Å². The summed E-state index contributed by atoms with van der Waals surface area (Å²) in [5.74, 6) is 1.39. The van der Waals surface area contributed by atoms with E-state index in [1.54, 1.807) is 6.08 Å². The van der Waals surface area contributed by atoms with E-state index in [-0.39, 0.29) is 5.91 Å². The van der Waals surface area contributed by atoms with Crippen molar-refractivity contribution in [3.8, 4) is 11.1 Å². The Morgan fingerprint density at radius 2 is 1.48 bits per heavy atom. The largest absolute Gasteiger partial charge is 0.323 e. The van der Waals surface area contributed by atoms with E-state index in [9.17, 15) is 4.79 Å². The summed E-state index contributed by atoms with van der Waals surface area (Å²) in [7, 11) is 0. The van der Waals surface area contributed by atoms with Crippen molar-refractivity contribution in [2.24, 2.45) is 11.8 Å². The van der Waals surface area contributed by atoms with E-state index in [0.717, 1.165) is 45.8 Å². The summed E-state index contributed by atoms with van der Waals surface area (Å²) >= 11 is 5.96. The number of amides is 1. The Bertz CT molecular complexity index is 1080. The standard InChI is InChI=1S/C29H31ClN2O/c1-21-17-22(2)19-32(18-21)20-24-5-3-23(4-6-24)7-16-29(33)31-28-14-10-26(11-15-28)25-8-12-27(30)13-9-25/h3-16,21-22H,17-20H2,1-2H3,(H,31,33)/b16-7+. The van der Waals surface area contributed by atoms with Crippen LogP contribution in [0.5, 0.6) is 0 Å². The molecule has 2 atom stereocenters. The number of rotatable bonds is 6. The van der Waals surface area contributed by atoms with Gasteiger partial charge < -0.3 is 5.32 Å². The van der Waals surface area contributed by atoms with Gasteiger partial charge >= 0.3 is 0 Å². The van der Waals surface area contributed by atoms with E-state index >= 15 is 0 Å². The molecule has 0 aliphatic carbocycles. The molecule has 0 spiro atoms. The molecule has 1 aliphatic rings. The van der Waals surface area contributed by atoms with Crippen LogP contribution < -0.4 is 5.32 Å². The van der Waals surface area contributed by atoms with E-state index in [1.165, 1.54) is 25.1 Å². The first-order valence-corrected chi connectivity index (χ1v) is 12.0. The molecule has 1 heterocycles. The number of piperidine rings is 1. The van der Waals surface area contributed by atoms with Crippen LogP contribution in [0.3, 0.4) is 0 Å². The van der Waals surface area contributed by atoms with Crippen LogP contribution in [0.2, 0.25) is 5.02 Å². The molecule has 3 aromatic rings. The highest BCUT2D eigenvalue weighted by atomic mass is 35.5. The number of anilines is 1. The van der Waals surface area contributed by atoms with Crippen LogP contribution in [-0.4, -0.2) is 23.9 Å². The molecule has 1 saturated heterocycles. The summed E-state index contributed by atoms with van der Waals surface area (Å²) in [6.07, 6.45) is 4.76. The highest BCUT2D eigenvalue weighted by molar-refractivity contribution is 6.30. The van der Waals surface area contributed by atoms with Crippen LogP contribution in [0.25, 0.3) is 17.2 Å². The second-order valence-corrected chi connectivity index (χ2v) is 9.72. The normalized spacial score (nSPS) is 19.0. The second kappa shape index (κ2) is 10.8. The Kier molecular flexibility index (Phi) is 7.64. The molecule has 1 aliphatic heterocycles. The predicted molar refractivity (Wildman–Crippen MR) is 139 cm³/mol. The highest BCUT2D eigenvalue weighted by Crippen LogP contribution is 2.24. The van der Waals surface area contributed by atoms with Crippen molar-refractivity contribution in [3.63, 3.8) is 0 Å². The van der Waals surface area contributed by atoms with Gasteiger partial charge in [0.05, 0.1) is 0 Å². The van der Waals surface area contributed by atoms with Crippen LogP contribution in [0.1, 0.15) is 31.4 Å². The van der Waals surface area contributed by atoms with Gasteiger partial charge in [0.25, 0.3) is 0 Å². The molecule has 2 unspecified atom stereocenters. The third-order valence-electron chi connectivity index (χ3n) is 6.09. The number of nitrogens with one attached hydrogen (secondary N) is 1. The molecule has 33 heavy (non-hydrogen) atoms. The smallest absolute Gasteiger partial charge is 0.248 e. The van der Waals surface area contributed by atoms with Crippen LogP contribution in [0.15, 0.2) is 78.9 Å². The number of carbonyl (C=O) groups excluding carboxylic acids is 1. The fraction of sp³-hybridized carbons (Fsp3) is 0.276. The van der Waals surface area contributed by atoms with Crippen LogP contribution in [0.4, 0.5) is 5.69 Å². The first-order valence-electron chi connectivity index (χ1n) is 11.6. The Hall–Kier alpha value is -2.88. The number of carbonyl (C=O) groups is 1. The molecule has 1 amide bonds. The molecule has 1 N–H and O–H groups in total. The zero-order valence-electron chi connectivity index (χ0n) is 19.3. The zero-order valence-corrected chi connectivity index (χ0v) is 20.1. The van der Waals surface area contributed by atoms with Crippen molar-refractivity contribution >= 4 is 29.3 Å². The van der Waals surface area contributed by atoms with Crippen LogP contribution in [0, 0.1) is 11.8 Å². The molecule has 3 aromatic carbocycles. The maximum atomic E-state index is 12.4. The number of hydrogen-bond acceptors (Lipinski definition) is 2. The first-order chi connectivity index (χ1) is 15.9. The average Bonchev–Trinajstić information content (AvgIpc) is 2.79. The Labute approximate surface area is 202 Å². The lowest BCUT2D eigenvalue weighted by Gasteiger charge is -2.35. The predicted octanol–water partition coefficient (Wildman–Crippen LogP) is 7.14. The molecular weight excluding hydrogens is 428 g/mol. The number of halogens is 1. The molecular formula is C29H31ClN2O. The van der Waals surface area contributed by atoms with Crippen LogP contribution in [-0.2, 0) is 11.3 Å². The summed E-state index contributed by atoms with van der Waals surface area (Å²) in [4.78, 5) is 14.9. The molecule has 1 fully saturated rings. The third-order valence-corrected chi connectivity index (χ3v) is 6.34. The highest BCUT2D eigenvalue weighted by Gasteiger charge is 2.21. The lowest BCUT2D eigenvalue weighted by molar-refractivity contribution is -0.111. The zero-order chi connectivity index (χ0) is 23.2. The Balaban J connectivity index is 1.29. The van der Waals surface area contributed by atoms with Gasteiger partial charge in [-0.3, -0.25) is 9.69 Å². The van der Waals surface area contributed by atoms with Crippen molar-refractivity contribution in [2.45, 2.75) is 26.8 Å². The van der Waals surface area contributed by atoms with Crippen molar-refractivity contribution in [1.29, 1.82) is 0 Å². The SMILES string of the molecule is CC1CC(C)CN(Cc2ccc(/C=C/C(=O)Nc3ccc(-c4ccc(Cl)cc4)cc3)cc2)C1. The quantitative estimate of drug-likeness (QED) is 0.398. The molecule has 0 bridgehead atoms. The maximum Gasteiger partial charge on any atom is 0.248 e. The topological polar surface area (TPSA) is 32.3 Å². The summed E-state index contributed by atoms with van der Waals surface area (Å²) in [6, 6.07) is 24.0. The van der Waals surface area contributed by atoms with E-state index in [0.29, 0.717) is 0 Å². The summed E-state index contributed by atoms with van der Waals surface area (Å²) in [6.45, 7) is 8.02. The first kappa shape index (κ1) is 23.3. The lowest BCUT2D eigenvalue weighted by Crippen LogP contribution is -2.38. The minimum Gasteiger partial charge on any atom is -0.323 e. The van der Waals surface area contributed by atoms with Gasteiger partial charge in [0.2, 0.25) is 5.91 Å². The van der Waals surface area contributed by atoms with Crippen molar-refractivity contribution in [2.75, 3.05) is 18.4 Å². The summed E-state index contributed by atoms with van der Waals surface area (Å²) < 4.78 is 0. The monoisotopic (exact) mass is 458 g/mol. The van der Waals surface area contributed by atoms with E-state index in [1.807, 2.05) is 54.6 Å². The van der Waals surface area contributed by atoms with Crippen molar-refractivity contribution in [1.82, 2.24) is 4.90 Å². The molecule has 0 aromatic heterocycles. The lowest BCUT2D eigenvalue weighted by atomic mass is 9.91. The van der Waals surface area contributed by atoms with Gasteiger partial charge in [-0.2, -0.15) is 0 Å². The fourth-order valence-corrected chi connectivity index (χ4v) is 4.78. The van der Waals surface area contributed by atoms with E-state index in [2.05, 4.69) is 48.3 Å². The molecule has 0 radical (unpaired) electrons. The van der Waals surface area contributed by atoms with E-state index in [4.69, 9.17) is 11.6 Å². The number of nitrogens with zero attached hydrogens (tertiary/aromatic N) is 1. The molecule has 170 valence electrons. The molecule has 4 heteroatoms. The average molecular weight is 459 g/mol. The summed E-state index contributed by atoms with van der Waals surface area (Å²) in [5.41, 5.74) is 5.27. The number of likely N-dealkylation sites (tertiary alicyclic amines) is 1. The van der Waals surface area contributed by atoms with Gasteiger partial charge in [0.1, 0.15) is 0 Å². The Morgan fingerprint density at radius 3 is 2.09 bits per heavy atom. The van der Waals surface area contributed by atoms with Gasteiger partial charge in [0.15, 0.2) is 0 Å². The Morgan fingerprint density at radius 1 is 0.909 bits per heavy atom. The number of hydrogen-bond donors (Lipinski definition) is 1. The molecule has 3 nitrogen and oxygen atoms in total. The van der Waals surface area contributed by atoms with Gasteiger partial charge in [-0.25, -0.2) is 0 Å². The van der Waals surface area contributed by atoms with Gasteiger partial charge in [0, 0.05) is 36.4 Å². The van der Waals surface area contributed by atoms with Gasteiger partial charge in [-0.05, 0) is 70.9 Å². The minimum atomic E-state index is -0.144. The minimum absolute atomic E-state index is 0.144. The molecule has 0 saturated carbocycles. The maximum absolute atomic E-state index is 12.4. The second-order valence-electron chi connectivity index (χ2n) is 9.29. The van der Waals surface area contributed by atoms with Gasteiger partial charge in [-0.15, -0.1) is 0 Å². The van der Waals surface area contributed by atoms with Crippen molar-refractivity contribution in [3.05, 3.63) is 95.0 Å². The van der Waals surface area contributed by atoms with Gasteiger partial charge in [-0.1, -0.05) is 74.0 Å². The van der Waals surface area contributed by atoms with E-state index < -0.39 is 0 Å².